The van der Waals surface area contributed by atoms with E-state index < -0.39 is 30.7 Å². The van der Waals surface area contributed by atoms with Crippen molar-refractivity contribution >= 4 is 0 Å². The molecule has 35 heavy (non-hydrogen) atoms. The first-order chi connectivity index (χ1) is 16.9. The second kappa shape index (κ2) is 11.0. The van der Waals surface area contributed by atoms with Crippen molar-refractivity contribution in [2.45, 2.75) is 49.5 Å². The minimum atomic E-state index is -1.42. The Kier molecular flexibility index (Phi) is 8.00. The third-order valence-electron chi connectivity index (χ3n) is 6.42. The molecule has 6 atom stereocenters. The summed E-state index contributed by atoms with van der Waals surface area (Å²) in [4.78, 5) is 0. The second-order valence-electron chi connectivity index (χ2n) is 8.70. The molecule has 1 saturated heterocycles. The first kappa shape index (κ1) is 25.5. The van der Waals surface area contributed by atoms with Crippen LogP contribution in [0.25, 0.3) is 0 Å². The van der Waals surface area contributed by atoms with Gasteiger partial charge in [-0.1, -0.05) is 12.1 Å². The molecule has 2 aromatic rings. The molecule has 0 aromatic heterocycles. The molecule has 2 aliphatic rings. The van der Waals surface area contributed by atoms with Crippen molar-refractivity contribution in [1.82, 2.24) is 0 Å². The average molecular weight is 493 g/mol. The van der Waals surface area contributed by atoms with Crippen molar-refractivity contribution in [2.24, 2.45) is 0 Å². The van der Waals surface area contributed by atoms with Gasteiger partial charge < -0.3 is 49.2 Å². The number of phenolic OH excluding ortho intramolecular Hbond substituents is 1. The highest BCUT2D eigenvalue weighted by molar-refractivity contribution is 5.56. The molecular formula is C25H32O10. The van der Waals surface area contributed by atoms with Gasteiger partial charge in [0.25, 0.3) is 0 Å². The molecule has 1 fully saturated rings. The number of aryl methyl sites for hydroxylation is 1. The van der Waals surface area contributed by atoms with E-state index in [1.807, 2.05) is 12.1 Å². The molecule has 0 amide bonds. The SMILES string of the molecule is COc1cc([C@@H]2Oc3c(OC)cc(CCCO)cc3[C@H]2CO[C@H]2OC[C@@H](O)[C@H](O)[C@H]2O)ccc1O. The van der Waals surface area contributed by atoms with E-state index in [2.05, 4.69) is 0 Å². The Labute approximate surface area is 203 Å². The first-order valence-corrected chi connectivity index (χ1v) is 11.5. The molecule has 0 radical (unpaired) electrons. The zero-order valence-corrected chi connectivity index (χ0v) is 19.7. The standard InChI is InChI=1S/C25H32O10/c1-31-19-10-14(5-6-17(19)27)23-16(11-33-25-22(30)21(29)18(28)12-34-25)15-8-13(4-3-7-26)9-20(32-2)24(15)35-23/h5-6,8-10,16,18,21-23,25-30H,3-4,7,11-12H2,1-2H3/t16-,18-,21+,22-,23+,25+/m1/s1. The van der Waals surface area contributed by atoms with Gasteiger partial charge in [-0.3, -0.25) is 0 Å². The number of ether oxygens (including phenoxy) is 5. The third kappa shape index (κ3) is 5.18. The van der Waals surface area contributed by atoms with Crippen molar-refractivity contribution < 1.29 is 49.2 Å². The predicted molar refractivity (Wildman–Crippen MR) is 123 cm³/mol. The molecular weight excluding hydrogens is 460 g/mol. The summed E-state index contributed by atoms with van der Waals surface area (Å²) in [7, 11) is 3.01. The Bertz CT molecular complexity index is 1010. The van der Waals surface area contributed by atoms with Crippen LogP contribution in [0.15, 0.2) is 30.3 Å². The monoisotopic (exact) mass is 492 g/mol. The van der Waals surface area contributed by atoms with E-state index in [0.717, 1.165) is 16.7 Å². The largest absolute Gasteiger partial charge is 0.504 e. The number of aliphatic hydroxyl groups is 4. The van der Waals surface area contributed by atoms with Crippen LogP contribution in [-0.2, 0) is 15.9 Å². The van der Waals surface area contributed by atoms with E-state index in [9.17, 15) is 25.5 Å². The number of benzene rings is 2. The molecule has 192 valence electrons. The van der Waals surface area contributed by atoms with Gasteiger partial charge in [-0.25, -0.2) is 0 Å². The molecule has 0 spiro atoms. The highest BCUT2D eigenvalue weighted by Gasteiger charge is 2.42. The van der Waals surface area contributed by atoms with Crippen LogP contribution in [-0.4, -0.2) is 84.2 Å². The summed E-state index contributed by atoms with van der Waals surface area (Å²) in [6.07, 6.45) is -4.45. The summed E-state index contributed by atoms with van der Waals surface area (Å²) in [5.41, 5.74) is 2.50. The lowest BCUT2D eigenvalue weighted by atomic mass is 9.90. The molecule has 5 N–H and O–H groups in total. The lowest BCUT2D eigenvalue weighted by Crippen LogP contribution is -2.53. The van der Waals surface area contributed by atoms with Gasteiger partial charge in [0, 0.05) is 12.2 Å². The molecule has 0 unspecified atom stereocenters. The Morgan fingerprint density at radius 3 is 2.49 bits per heavy atom. The van der Waals surface area contributed by atoms with Crippen LogP contribution in [0.1, 0.15) is 35.1 Å². The Balaban J connectivity index is 1.67. The predicted octanol–water partition coefficient (Wildman–Crippen LogP) is 1.01. The Morgan fingerprint density at radius 2 is 1.77 bits per heavy atom. The van der Waals surface area contributed by atoms with Crippen LogP contribution in [0, 0.1) is 0 Å². The molecule has 0 bridgehead atoms. The molecule has 0 saturated carbocycles. The Morgan fingerprint density at radius 1 is 1.00 bits per heavy atom. The minimum Gasteiger partial charge on any atom is -0.504 e. The van der Waals surface area contributed by atoms with E-state index in [-0.39, 0.29) is 31.5 Å². The van der Waals surface area contributed by atoms with Gasteiger partial charge >= 0.3 is 0 Å². The first-order valence-electron chi connectivity index (χ1n) is 11.5. The molecule has 10 heteroatoms. The smallest absolute Gasteiger partial charge is 0.186 e. The van der Waals surface area contributed by atoms with Crippen LogP contribution in [0.3, 0.4) is 0 Å². The topological polar surface area (TPSA) is 147 Å². The second-order valence-corrected chi connectivity index (χ2v) is 8.70. The van der Waals surface area contributed by atoms with Gasteiger partial charge in [0.05, 0.1) is 33.4 Å². The van der Waals surface area contributed by atoms with Gasteiger partial charge in [0.1, 0.15) is 24.4 Å². The van der Waals surface area contributed by atoms with Gasteiger partial charge in [0.15, 0.2) is 29.3 Å². The average Bonchev–Trinajstić information content (AvgIpc) is 3.23. The van der Waals surface area contributed by atoms with Crippen molar-refractivity contribution in [3.63, 3.8) is 0 Å². The maximum absolute atomic E-state index is 10.3. The number of aromatic hydroxyl groups is 1. The molecule has 0 aliphatic carbocycles. The number of hydrogen-bond donors (Lipinski definition) is 5. The van der Waals surface area contributed by atoms with Gasteiger partial charge in [-0.05, 0) is 42.2 Å². The van der Waals surface area contributed by atoms with Crippen molar-refractivity contribution in [2.75, 3.05) is 34.0 Å². The summed E-state index contributed by atoms with van der Waals surface area (Å²) in [5.74, 6) is 1.00. The van der Waals surface area contributed by atoms with Gasteiger partial charge in [0.2, 0.25) is 0 Å². The summed E-state index contributed by atoms with van der Waals surface area (Å²) in [6, 6.07) is 8.79. The lowest BCUT2D eigenvalue weighted by molar-refractivity contribution is -0.271. The van der Waals surface area contributed by atoms with Crippen molar-refractivity contribution in [3.05, 3.63) is 47.0 Å². The van der Waals surface area contributed by atoms with Crippen LogP contribution in [0.5, 0.6) is 23.0 Å². The highest BCUT2D eigenvalue weighted by Crippen LogP contribution is 2.52. The number of fused-ring (bicyclic) bond motifs is 1. The molecule has 4 rings (SSSR count). The molecule has 2 heterocycles. The Hall–Kier alpha value is -2.60. The highest BCUT2D eigenvalue weighted by atomic mass is 16.7. The van der Waals surface area contributed by atoms with Crippen molar-refractivity contribution in [3.8, 4) is 23.0 Å². The summed E-state index contributed by atoms with van der Waals surface area (Å²) >= 11 is 0. The zero-order chi connectivity index (χ0) is 25.1. The fraction of sp³-hybridized carbons (Fsp3) is 0.520. The van der Waals surface area contributed by atoms with Crippen LogP contribution >= 0.6 is 0 Å². The van der Waals surface area contributed by atoms with E-state index in [1.165, 1.54) is 13.2 Å². The number of phenols is 1. The summed E-state index contributed by atoms with van der Waals surface area (Å²) in [5, 5.41) is 49.4. The summed E-state index contributed by atoms with van der Waals surface area (Å²) < 4.78 is 28.5. The zero-order valence-electron chi connectivity index (χ0n) is 19.7. The number of methoxy groups -OCH3 is 2. The minimum absolute atomic E-state index is 0.00490. The maximum atomic E-state index is 10.3. The van der Waals surface area contributed by atoms with Crippen molar-refractivity contribution in [1.29, 1.82) is 0 Å². The van der Waals surface area contributed by atoms with Crippen LogP contribution in [0.4, 0.5) is 0 Å². The van der Waals surface area contributed by atoms with Gasteiger partial charge in [-0.15, -0.1) is 0 Å². The third-order valence-corrected chi connectivity index (χ3v) is 6.42. The number of hydrogen-bond acceptors (Lipinski definition) is 10. The fourth-order valence-corrected chi connectivity index (χ4v) is 4.51. The maximum Gasteiger partial charge on any atom is 0.186 e. The van der Waals surface area contributed by atoms with Gasteiger partial charge in [-0.2, -0.15) is 0 Å². The quantitative estimate of drug-likeness (QED) is 0.344. The number of rotatable bonds is 9. The lowest BCUT2D eigenvalue weighted by Gasteiger charge is -2.35. The molecule has 2 aliphatic heterocycles. The van der Waals surface area contributed by atoms with E-state index in [4.69, 9.17) is 23.7 Å². The van der Waals surface area contributed by atoms with Crippen LogP contribution in [0.2, 0.25) is 0 Å². The fourth-order valence-electron chi connectivity index (χ4n) is 4.51. The van der Waals surface area contributed by atoms with E-state index in [1.54, 1.807) is 19.2 Å². The van der Waals surface area contributed by atoms with E-state index >= 15 is 0 Å². The van der Waals surface area contributed by atoms with E-state index in [0.29, 0.717) is 30.1 Å². The molecule has 10 nitrogen and oxygen atoms in total. The number of aliphatic hydroxyl groups excluding tert-OH is 4. The molecule has 2 aromatic carbocycles. The summed E-state index contributed by atoms with van der Waals surface area (Å²) in [6.45, 7) is -0.0557. The normalized spacial score (nSPS) is 27.8. The van der Waals surface area contributed by atoms with Crippen LogP contribution < -0.4 is 14.2 Å².